The monoisotopic (exact) mass is 448 g/mol. The van der Waals surface area contributed by atoms with Crippen LogP contribution in [0.4, 0.5) is 4.39 Å². The normalized spacial score (nSPS) is 12.4. The molecule has 0 aliphatic rings. The van der Waals surface area contributed by atoms with Gasteiger partial charge >= 0.3 is 0 Å². The fourth-order valence-electron chi connectivity index (χ4n) is 4.95. The lowest BCUT2D eigenvalue weighted by molar-refractivity contribution is 0.613. The number of rotatable bonds is 8. The summed E-state index contributed by atoms with van der Waals surface area (Å²) in [5.41, 5.74) is 5.72. The molecule has 148 valence electrons. The van der Waals surface area contributed by atoms with Gasteiger partial charge < -0.3 is 0 Å². The molecule has 0 amide bonds. The lowest BCUT2D eigenvalue weighted by atomic mass is 10.0. The van der Waals surface area contributed by atoms with Gasteiger partial charge in [-0.25, -0.2) is 4.39 Å². The van der Waals surface area contributed by atoms with Crippen molar-refractivity contribution in [3.8, 4) is 0 Å². The predicted octanol–water partition coefficient (Wildman–Crippen LogP) is 8.40. The van der Waals surface area contributed by atoms with E-state index in [0.717, 1.165) is 38.6 Å². The Balaban J connectivity index is 2.10. The van der Waals surface area contributed by atoms with E-state index in [1.165, 1.54) is 17.7 Å². The van der Waals surface area contributed by atoms with E-state index in [1.807, 2.05) is 6.07 Å². The van der Waals surface area contributed by atoms with E-state index in [-0.39, 0.29) is 5.82 Å². The topological polar surface area (TPSA) is 0 Å². The average molecular weight is 450 g/mol. The van der Waals surface area contributed by atoms with Gasteiger partial charge in [0.2, 0.25) is 0 Å². The van der Waals surface area contributed by atoms with Crippen molar-refractivity contribution < 1.29 is 4.39 Å². The van der Waals surface area contributed by atoms with Crippen LogP contribution in [0.2, 0.25) is 22.7 Å². The minimum absolute atomic E-state index is 0.135. The fourth-order valence-corrected chi connectivity index (χ4v) is 11.8. The Hall–Kier alpha value is -0.933. The highest BCUT2D eigenvalue weighted by Crippen LogP contribution is 2.45. The van der Waals surface area contributed by atoms with Crippen LogP contribution in [0.3, 0.4) is 0 Å². The van der Waals surface area contributed by atoms with E-state index in [4.69, 9.17) is 0 Å². The van der Waals surface area contributed by atoms with Crippen LogP contribution in [-0.4, -0.2) is 8.07 Å². The van der Waals surface area contributed by atoms with Gasteiger partial charge in [0.1, 0.15) is 5.82 Å². The summed E-state index contributed by atoms with van der Waals surface area (Å²) in [6.07, 6.45) is 1.79. The molecule has 0 atom stereocenters. The van der Waals surface area contributed by atoms with Gasteiger partial charge in [-0.15, -0.1) is 0 Å². The summed E-state index contributed by atoms with van der Waals surface area (Å²) in [5.74, 6) is -0.135. The van der Waals surface area contributed by atoms with Crippen LogP contribution < -0.4 is 0 Å². The molecule has 0 fully saturated rings. The summed E-state index contributed by atoms with van der Waals surface area (Å²) >= 11 is 3.43. The Labute approximate surface area is 174 Å². The van der Waals surface area contributed by atoms with Crippen molar-refractivity contribution in [3.63, 3.8) is 0 Å². The minimum Gasteiger partial charge on any atom is -0.207 e. The molecule has 0 saturated heterocycles. The summed E-state index contributed by atoms with van der Waals surface area (Å²) in [5, 5.41) is 0. The lowest BCUT2D eigenvalue weighted by Crippen LogP contribution is -2.44. The van der Waals surface area contributed by atoms with Crippen LogP contribution >= 0.6 is 15.9 Å². The molecule has 0 N–H and O–H groups in total. The maximum atomic E-state index is 14.0. The number of halogens is 2. The molecule has 0 nitrogen and oxygen atoms in total. The fraction of sp³-hybridized carbons (Fsp3) is 0.500. The SMILES string of the molecule is CC(C)[Si](CCc1ccc(Cc2cc(Br)ccc2F)cc1)(C(C)C)C(C)C. The van der Waals surface area contributed by atoms with Crippen molar-refractivity contribution in [3.05, 3.63) is 69.4 Å². The Morgan fingerprint density at radius 3 is 1.85 bits per heavy atom. The summed E-state index contributed by atoms with van der Waals surface area (Å²) in [6.45, 7) is 14.6. The molecule has 0 aliphatic carbocycles. The standard InChI is InChI=1S/C24H34BrFSi/c1-17(2)27(18(3)4,19(5)6)14-13-20-7-9-21(10-8-20)15-22-16-23(25)11-12-24(22)26/h7-12,16-19H,13-15H2,1-6H3. The first-order valence-corrected chi connectivity index (χ1v) is 13.4. The average Bonchev–Trinajstić information content (AvgIpc) is 2.59. The first kappa shape index (κ1) is 22.4. The van der Waals surface area contributed by atoms with Crippen LogP contribution in [0.15, 0.2) is 46.9 Å². The van der Waals surface area contributed by atoms with Crippen LogP contribution in [-0.2, 0) is 12.8 Å². The van der Waals surface area contributed by atoms with Crippen LogP contribution in [0.25, 0.3) is 0 Å². The molecule has 27 heavy (non-hydrogen) atoms. The molecular weight excluding hydrogens is 415 g/mol. The van der Waals surface area contributed by atoms with Gasteiger partial charge in [-0.1, -0.05) is 104 Å². The molecule has 0 unspecified atom stereocenters. The predicted molar refractivity (Wildman–Crippen MR) is 123 cm³/mol. The number of hydrogen-bond donors (Lipinski definition) is 0. The maximum absolute atomic E-state index is 14.0. The third-order valence-corrected chi connectivity index (χ3v) is 14.6. The largest absolute Gasteiger partial charge is 0.207 e. The van der Waals surface area contributed by atoms with Crippen molar-refractivity contribution in [1.29, 1.82) is 0 Å². The van der Waals surface area contributed by atoms with Gasteiger partial charge in [0.05, 0.1) is 8.07 Å². The zero-order valence-corrected chi connectivity index (χ0v) is 20.2. The molecule has 0 aromatic heterocycles. The first-order chi connectivity index (χ1) is 12.7. The zero-order valence-electron chi connectivity index (χ0n) is 17.7. The van der Waals surface area contributed by atoms with E-state index < -0.39 is 8.07 Å². The van der Waals surface area contributed by atoms with Crippen LogP contribution in [0, 0.1) is 5.82 Å². The van der Waals surface area contributed by atoms with Gasteiger partial charge in [-0.3, -0.25) is 0 Å². The van der Waals surface area contributed by atoms with Gasteiger partial charge in [0.15, 0.2) is 0 Å². The Morgan fingerprint density at radius 2 is 1.33 bits per heavy atom. The van der Waals surface area contributed by atoms with Gasteiger partial charge in [0, 0.05) is 10.9 Å². The van der Waals surface area contributed by atoms with Gasteiger partial charge in [-0.2, -0.15) is 0 Å². The van der Waals surface area contributed by atoms with Crippen LogP contribution in [0.1, 0.15) is 58.2 Å². The molecule has 0 aliphatic heterocycles. The zero-order chi connectivity index (χ0) is 20.2. The third-order valence-electron chi connectivity index (χ3n) is 6.50. The quantitative estimate of drug-likeness (QED) is 0.355. The van der Waals surface area contributed by atoms with E-state index in [9.17, 15) is 4.39 Å². The molecular formula is C24H34BrFSi. The minimum atomic E-state index is -1.35. The van der Waals surface area contributed by atoms with Crippen molar-refractivity contribution in [2.24, 2.45) is 0 Å². The molecule has 0 bridgehead atoms. The Kier molecular flexibility index (Phi) is 7.88. The highest BCUT2D eigenvalue weighted by atomic mass is 79.9. The van der Waals surface area contributed by atoms with Crippen LogP contribution in [0.5, 0.6) is 0 Å². The first-order valence-electron chi connectivity index (χ1n) is 10.2. The van der Waals surface area contributed by atoms with E-state index in [1.54, 1.807) is 6.07 Å². The molecule has 2 aromatic carbocycles. The molecule has 3 heteroatoms. The van der Waals surface area contributed by atoms with Gasteiger partial charge in [-0.05, 0) is 41.3 Å². The number of aryl methyl sites for hydroxylation is 1. The maximum Gasteiger partial charge on any atom is 0.126 e. The second-order valence-electron chi connectivity index (χ2n) is 8.81. The molecule has 0 saturated carbocycles. The lowest BCUT2D eigenvalue weighted by Gasteiger charge is -2.43. The van der Waals surface area contributed by atoms with Crippen molar-refractivity contribution in [1.82, 2.24) is 0 Å². The van der Waals surface area contributed by atoms with E-state index in [0.29, 0.717) is 6.42 Å². The number of hydrogen-bond acceptors (Lipinski definition) is 0. The highest BCUT2D eigenvalue weighted by Gasteiger charge is 2.41. The molecule has 0 heterocycles. The van der Waals surface area contributed by atoms with Gasteiger partial charge in [0.25, 0.3) is 0 Å². The van der Waals surface area contributed by atoms with E-state index in [2.05, 4.69) is 81.7 Å². The van der Waals surface area contributed by atoms with Crippen molar-refractivity contribution in [2.45, 2.75) is 77.1 Å². The Bertz CT molecular complexity index is 713. The van der Waals surface area contributed by atoms with E-state index >= 15 is 0 Å². The molecule has 2 rings (SSSR count). The second-order valence-corrected chi connectivity index (χ2v) is 15.9. The van der Waals surface area contributed by atoms with Crippen molar-refractivity contribution >= 4 is 24.0 Å². The van der Waals surface area contributed by atoms with Crippen molar-refractivity contribution in [2.75, 3.05) is 0 Å². The smallest absolute Gasteiger partial charge is 0.126 e. The summed E-state index contributed by atoms with van der Waals surface area (Å²) in [7, 11) is -1.35. The summed E-state index contributed by atoms with van der Waals surface area (Å²) in [4.78, 5) is 0. The molecule has 0 spiro atoms. The highest BCUT2D eigenvalue weighted by molar-refractivity contribution is 9.10. The molecule has 0 radical (unpaired) electrons. The molecule has 2 aromatic rings. The third kappa shape index (κ3) is 5.32. The summed E-state index contributed by atoms with van der Waals surface area (Å²) in [6, 6.07) is 15.3. The Morgan fingerprint density at radius 1 is 0.815 bits per heavy atom. The summed E-state index contributed by atoms with van der Waals surface area (Å²) < 4.78 is 14.9. The number of benzene rings is 2. The second kappa shape index (κ2) is 9.51.